The quantitative estimate of drug-likeness (QED) is 0.581. The van der Waals surface area contributed by atoms with Gasteiger partial charge in [0.25, 0.3) is 5.91 Å². The molecule has 0 spiro atoms. The number of likely N-dealkylation sites (tertiary alicyclic amines) is 1. The third kappa shape index (κ3) is 4.36. The van der Waals surface area contributed by atoms with E-state index in [0.717, 1.165) is 53.0 Å². The Balaban J connectivity index is 1.35. The van der Waals surface area contributed by atoms with E-state index in [1.54, 1.807) is 6.07 Å². The van der Waals surface area contributed by atoms with Gasteiger partial charge in [-0.25, -0.2) is 8.78 Å². The molecule has 0 aliphatic carbocycles. The van der Waals surface area contributed by atoms with Gasteiger partial charge in [-0.1, -0.05) is 22.0 Å². The van der Waals surface area contributed by atoms with E-state index in [0.29, 0.717) is 17.9 Å². The number of hydrogen-bond donors (Lipinski definition) is 1. The summed E-state index contributed by atoms with van der Waals surface area (Å²) in [6, 6.07) is 9.74. The maximum absolute atomic E-state index is 13.4. The van der Waals surface area contributed by atoms with Crippen LogP contribution in [0.25, 0.3) is 11.0 Å². The Kier molecular flexibility index (Phi) is 5.69. The maximum atomic E-state index is 13.4. The Morgan fingerprint density at radius 3 is 2.66 bits per heavy atom. The number of halogens is 3. The smallest absolute Gasteiger partial charge is 0.287 e. The van der Waals surface area contributed by atoms with Gasteiger partial charge in [0.1, 0.15) is 5.58 Å². The van der Waals surface area contributed by atoms with Gasteiger partial charge in [0, 0.05) is 41.1 Å². The first-order valence-corrected chi connectivity index (χ1v) is 10.4. The Hall–Kier alpha value is -2.25. The van der Waals surface area contributed by atoms with E-state index in [1.807, 2.05) is 25.1 Å². The summed E-state index contributed by atoms with van der Waals surface area (Å²) < 4.78 is 33.2. The molecule has 2 heterocycles. The van der Waals surface area contributed by atoms with Crippen molar-refractivity contribution in [1.29, 1.82) is 0 Å². The molecule has 152 valence electrons. The molecular formula is C22H21BrF2N2O2. The van der Waals surface area contributed by atoms with Gasteiger partial charge in [0.2, 0.25) is 0 Å². The summed E-state index contributed by atoms with van der Waals surface area (Å²) >= 11 is 3.44. The maximum Gasteiger partial charge on any atom is 0.287 e. The van der Waals surface area contributed by atoms with Gasteiger partial charge < -0.3 is 9.73 Å². The molecule has 29 heavy (non-hydrogen) atoms. The lowest BCUT2D eigenvalue weighted by Crippen LogP contribution is -2.44. The van der Waals surface area contributed by atoms with Crippen molar-refractivity contribution in [2.45, 2.75) is 32.4 Å². The summed E-state index contributed by atoms with van der Waals surface area (Å²) in [5.74, 6) is -1.50. The van der Waals surface area contributed by atoms with Crippen molar-refractivity contribution in [3.8, 4) is 0 Å². The van der Waals surface area contributed by atoms with Gasteiger partial charge in [-0.15, -0.1) is 0 Å². The zero-order valence-electron chi connectivity index (χ0n) is 16.0. The molecule has 0 atom stereocenters. The minimum Gasteiger partial charge on any atom is -0.451 e. The summed E-state index contributed by atoms with van der Waals surface area (Å²) in [6.07, 6.45) is 1.58. The third-order valence-corrected chi connectivity index (χ3v) is 5.91. The molecule has 0 unspecified atom stereocenters. The summed E-state index contributed by atoms with van der Waals surface area (Å²) in [6.45, 7) is 4.00. The molecule has 0 saturated carbocycles. The van der Waals surface area contributed by atoms with Crippen molar-refractivity contribution in [3.05, 3.63) is 69.4 Å². The minimum absolute atomic E-state index is 0.0584. The standard InChI is InChI=1S/C22H21BrF2N2O2/c1-13-17-11-15(23)3-5-20(17)29-21(13)22(28)26-16-6-8-27(9-7-16)12-14-2-4-18(24)19(25)10-14/h2-5,10-11,16H,6-9,12H2,1H3,(H,26,28). The van der Waals surface area contributed by atoms with Gasteiger partial charge in [-0.2, -0.15) is 0 Å². The topological polar surface area (TPSA) is 45.5 Å². The van der Waals surface area contributed by atoms with E-state index in [1.165, 1.54) is 6.07 Å². The molecule has 1 fully saturated rings. The fourth-order valence-corrected chi connectivity index (χ4v) is 4.15. The molecule has 0 radical (unpaired) electrons. The lowest BCUT2D eigenvalue weighted by molar-refractivity contribution is 0.0882. The van der Waals surface area contributed by atoms with Crippen LogP contribution in [-0.4, -0.2) is 29.9 Å². The van der Waals surface area contributed by atoms with Crippen LogP contribution >= 0.6 is 15.9 Å². The van der Waals surface area contributed by atoms with Crippen LogP contribution in [0, 0.1) is 18.6 Å². The Morgan fingerprint density at radius 2 is 1.93 bits per heavy atom. The predicted octanol–water partition coefficient (Wildman–Crippen LogP) is 5.18. The van der Waals surface area contributed by atoms with Crippen LogP contribution in [0.5, 0.6) is 0 Å². The number of carbonyl (C=O) groups is 1. The van der Waals surface area contributed by atoms with Crippen LogP contribution in [-0.2, 0) is 6.54 Å². The van der Waals surface area contributed by atoms with Crippen molar-refractivity contribution in [3.63, 3.8) is 0 Å². The van der Waals surface area contributed by atoms with Crippen molar-refractivity contribution in [1.82, 2.24) is 10.2 Å². The average Bonchev–Trinajstić information content (AvgIpc) is 3.02. The Bertz CT molecular complexity index is 1060. The highest BCUT2D eigenvalue weighted by Gasteiger charge is 2.24. The van der Waals surface area contributed by atoms with E-state index in [9.17, 15) is 13.6 Å². The highest BCUT2D eigenvalue weighted by atomic mass is 79.9. The fraction of sp³-hybridized carbons (Fsp3) is 0.318. The summed E-state index contributed by atoms with van der Waals surface area (Å²) in [7, 11) is 0. The van der Waals surface area contributed by atoms with Crippen LogP contribution in [0.2, 0.25) is 0 Å². The molecule has 1 amide bonds. The first-order valence-electron chi connectivity index (χ1n) is 9.56. The largest absolute Gasteiger partial charge is 0.451 e. The summed E-state index contributed by atoms with van der Waals surface area (Å²) in [5, 5.41) is 3.99. The number of aryl methyl sites for hydroxylation is 1. The van der Waals surface area contributed by atoms with E-state index in [4.69, 9.17) is 4.42 Å². The number of fused-ring (bicyclic) bond motifs is 1. The number of benzene rings is 2. The fourth-order valence-electron chi connectivity index (χ4n) is 3.79. The molecular weight excluding hydrogens is 442 g/mol. The first-order chi connectivity index (χ1) is 13.9. The normalized spacial score (nSPS) is 15.7. The molecule has 3 aromatic rings. The van der Waals surface area contributed by atoms with Crippen molar-refractivity contribution >= 4 is 32.8 Å². The molecule has 4 nitrogen and oxygen atoms in total. The number of nitrogens with one attached hydrogen (secondary N) is 1. The number of amides is 1. The van der Waals surface area contributed by atoms with Gasteiger partial charge in [-0.3, -0.25) is 9.69 Å². The number of carbonyl (C=O) groups excluding carboxylic acids is 1. The lowest BCUT2D eigenvalue weighted by atomic mass is 10.0. The van der Waals surface area contributed by atoms with Crippen LogP contribution in [0.1, 0.15) is 34.5 Å². The van der Waals surface area contributed by atoms with Crippen molar-refractivity contribution < 1.29 is 18.0 Å². The monoisotopic (exact) mass is 462 g/mol. The molecule has 1 aromatic heterocycles. The minimum atomic E-state index is -0.830. The highest BCUT2D eigenvalue weighted by molar-refractivity contribution is 9.10. The molecule has 1 aliphatic heterocycles. The Labute approximate surface area is 176 Å². The molecule has 4 rings (SSSR count). The zero-order valence-corrected chi connectivity index (χ0v) is 17.6. The average molecular weight is 463 g/mol. The second-order valence-electron chi connectivity index (χ2n) is 7.47. The molecule has 2 aromatic carbocycles. The van der Waals surface area contributed by atoms with Gasteiger partial charge >= 0.3 is 0 Å². The Morgan fingerprint density at radius 1 is 1.17 bits per heavy atom. The second-order valence-corrected chi connectivity index (χ2v) is 8.38. The molecule has 7 heteroatoms. The number of furan rings is 1. The SMILES string of the molecule is Cc1c(C(=O)NC2CCN(Cc3ccc(F)c(F)c3)CC2)oc2ccc(Br)cc12. The van der Waals surface area contributed by atoms with E-state index >= 15 is 0 Å². The van der Waals surface area contributed by atoms with Crippen LogP contribution in [0.3, 0.4) is 0 Å². The van der Waals surface area contributed by atoms with E-state index < -0.39 is 11.6 Å². The van der Waals surface area contributed by atoms with Crippen molar-refractivity contribution in [2.24, 2.45) is 0 Å². The summed E-state index contributed by atoms with van der Waals surface area (Å²) in [5.41, 5.74) is 2.27. The molecule has 1 aliphatic rings. The van der Waals surface area contributed by atoms with Crippen LogP contribution in [0.4, 0.5) is 8.78 Å². The first kappa shape index (κ1) is 20.0. The molecule has 1 saturated heterocycles. The molecule has 0 bridgehead atoms. The summed E-state index contributed by atoms with van der Waals surface area (Å²) in [4.78, 5) is 14.9. The number of piperidine rings is 1. The van der Waals surface area contributed by atoms with Crippen molar-refractivity contribution in [2.75, 3.05) is 13.1 Å². The predicted molar refractivity (Wildman–Crippen MR) is 111 cm³/mol. The lowest BCUT2D eigenvalue weighted by Gasteiger charge is -2.32. The van der Waals surface area contributed by atoms with Gasteiger partial charge in [-0.05, 0) is 55.7 Å². The number of hydrogen-bond acceptors (Lipinski definition) is 3. The molecule has 1 N–H and O–H groups in total. The number of nitrogens with zero attached hydrogens (tertiary/aromatic N) is 1. The van der Waals surface area contributed by atoms with E-state index in [-0.39, 0.29) is 11.9 Å². The highest BCUT2D eigenvalue weighted by Crippen LogP contribution is 2.28. The number of rotatable bonds is 4. The van der Waals surface area contributed by atoms with E-state index in [2.05, 4.69) is 26.1 Å². The van der Waals surface area contributed by atoms with Crippen LogP contribution < -0.4 is 5.32 Å². The third-order valence-electron chi connectivity index (χ3n) is 5.42. The van der Waals surface area contributed by atoms with Gasteiger partial charge in [0.15, 0.2) is 17.4 Å². The second kappa shape index (κ2) is 8.24. The zero-order chi connectivity index (χ0) is 20.5. The van der Waals surface area contributed by atoms with Crippen LogP contribution in [0.15, 0.2) is 45.3 Å². The van der Waals surface area contributed by atoms with Gasteiger partial charge in [0.05, 0.1) is 0 Å².